The van der Waals surface area contributed by atoms with Gasteiger partial charge < -0.3 is 10.1 Å². The standard InChI is InChI=1S/C16H13N3O2/c1-11(20)21-13-8-6-12(7-9-13)19-16-14-4-2-3-5-15(14)17-10-18-16/h2-10H,1H3,(H,17,18,19). The first-order valence-electron chi connectivity index (χ1n) is 6.47. The normalized spacial score (nSPS) is 10.3. The summed E-state index contributed by atoms with van der Waals surface area (Å²) >= 11 is 0. The molecule has 1 heterocycles. The van der Waals surface area contributed by atoms with Crippen LogP contribution in [-0.4, -0.2) is 15.9 Å². The number of nitrogens with zero attached hydrogens (tertiary/aromatic N) is 2. The molecule has 0 saturated carbocycles. The Morgan fingerprint density at radius 3 is 2.57 bits per heavy atom. The van der Waals surface area contributed by atoms with Gasteiger partial charge in [-0.15, -0.1) is 0 Å². The number of hydrogen-bond acceptors (Lipinski definition) is 5. The third kappa shape index (κ3) is 2.97. The Kier molecular flexibility index (Phi) is 3.47. The minimum absolute atomic E-state index is 0.336. The monoisotopic (exact) mass is 279 g/mol. The molecule has 1 aromatic heterocycles. The van der Waals surface area contributed by atoms with Gasteiger partial charge in [-0.2, -0.15) is 0 Å². The zero-order valence-corrected chi connectivity index (χ0v) is 11.4. The fraction of sp³-hybridized carbons (Fsp3) is 0.0625. The van der Waals surface area contributed by atoms with Gasteiger partial charge in [-0.25, -0.2) is 9.97 Å². The van der Waals surface area contributed by atoms with E-state index in [0.29, 0.717) is 5.75 Å². The van der Waals surface area contributed by atoms with Crippen molar-refractivity contribution in [1.82, 2.24) is 9.97 Å². The molecular weight excluding hydrogens is 266 g/mol. The fourth-order valence-electron chi connectivity index (χ4n) is 2.01. The van der Waals surface area contributed by atoms with E-state index in [1.807, 2.05) is 36.4 Å². The molecule has 5 heteroatoms. The lowest BCUT2D eigenvalue weighted by Crippen LogP contribution is -2.01. The number of nitrogens with one attached hydrogen (secondary N) is 1. The third-order valence-electron chi connectivity index (χ3n) is 2.92. The average molecular weight is 279 g/mol. The van der Waals surface area contributed by atoms with Crippen molar-refractivity contribution in [2.75, 3.05) is 5.32 Å². The van der Waals surface area contributed by atoms with E-state index in [2.05, 4.69) is 15.3 Å². The van der Waals surface area contributed by atoms with Crippen LogP contribution in [0.25, 0.3) is 10.9 Å². The summed E-state index contributed by atoms with van der Waals surface area (Å²) < 4.78 is 5.00. The van der Waals surface area contributed by atoms with Gasteiger partial charge in [0.2, 0.25) is 0 Å². The number of benzene rings is 2. The zero-order chi connectivity index (χ0) is 14.7. The van der Waals surface area contributed by atoms with Crippen LogP contribution in [-0.2, 0) is 4.79 Å². The lowest BCUT2D eigenvalue weighted by molar-refractivity contribution is -0.131. The predicted molar refractivity (Wildman–Crippen MR) is 80.6 cm³/mol. The molecule has 0 amide bonds. The summed E-state index contributed by atoms with van der Waals surface area (Å²) in [5.41, 5.74) is 1.74. The molecule has 1 N–H and O–H groups in total. The fourth-order valence-corrected chi connectivity index (χ4v) is 2.01. The molecule has 0 atom stereocenters. The van der Waals surface area contributed by atoms with Crippen LogP contribution >= 0.6 is 0 Å². The number of aromatic nitrogens is 2. The number of ether oxygens (including phenoxy) is 1. The van der Waals surface area contributed by atoms with Crippen molar-refractivity contribution in [2.45, 2.75) is 6.92 Å². The summed E-state index contributed by atoms with van der Waals surface area (Å²) in [5.74, 6) is 0.916. The average Bonchev–Trinajstić information content (AvgIpc) is 2.49. The Balaban J connectivity index is 1.87. The Morgan fingerprint density at radius 1 is 1.05 bits per heavy atom. The summed E-state index contributed by atoms with van der Waals surface area (Å²) in [7, 11) is 0. The topological polar surface area (TPSA) is 64.1 Å². The van der Waals surface area contributed by atoms with Gasteiger partial charge in [0.1, 0.15) is 17.9 Å². The van der Waals surface area contributed by atoms with E-state index in [1.165, 1.54) is 13.3 Å². The summed E-state index contributed by atoms with van der Waals surface area (Å²) in [5, 5.41) is 4.18. The molecule has 0 aliphatic carbocycles. The number of carbonyl (C=O) groups is 1. The Labute approximate surface area is 121 Å². The second-order valence-corrected chi connectivity index (χ2v) is 4.48. The second kappa shape index (κ2) is 5.58. The van der Waals surface area contributed by atoms with Crippen LogP contribution in [0.1, 0.15) is 6.92 Å². The van der Waals surface area contributed by atoms with Crippen LogP contribution in [0.2, 0.25) is 0 Å². The highest BCUT2D eigenvalue weighted by Gasteiger charge is 2.04. The first kappa shape index (κ1) is 13.1. The van der Waals surface area contributed by atoms with Crippen LogP contribution in [0.5, 0.6) is 5.75 Å². The summed E-state index contributed by atoms with van der Waals surface area (Å²) in [6.45, 7) is 1.37. The molecule has 0 spiro atoms. The summed E-state index contributed by atoms with van der Waals surface area (Å²) in [6.07, 6.45) is 1.53. The quantitative estimate of drug-likeness (QED) is 0.588. The SMILES string of the molecule is CC(=O)Oc1ccc(Nc2ncnc3ccccc23)cc1. The molecule has 0 bridgehead atoms. The molecule has 104 valence electrons. The molecule has 2 aromatic carbocycles. The number of hydrogen-bond donors (Lipinski definition) is 1. The van der Waals surface area contributed by atoms with Gasteiger partial charge in [0.15, 0.2) is 0 Å². The van der Waals surface area contributed by atoms with Crippen LogP contribution in [0.3, 0.4) is 0 Å². The Morgan fingerprint density at radius 2 is 1.81 bits per heavy atom. The first-order chi connectivity index (χ1) is 10.2. The first-order valence-corrected chi connectivity index (χ1v) is 6.47. The number of carbonyl (C=O) groups excluding carboxylic acids is 1. The van der Waals surface area contributed by atoms with E-state index in [0.717, 1.165) is 22.4 Å². The minimum atomic E-state index is -0.336. The lowest BCUT2D eigenvalue weighted by atomic mass is 10.2. The Bertz CT molecular complexity index is 780. The van der Waals surface area contributed by atoms with Crippen molar-refractivity contribution in [1.29, 1.82) is 0 Å². The van der Waals surface area contributed by atoms with Gasteiger partial charge in [-0.05, 0) is 36.4 Å². The molecule has 3 rings (SSSR count). The van der Waals surface area contributed by atoms with E-state index in [-0.39, 0.29) is 5.97 Å². The van der Waals surface area contributed by atoms with Crippen LogP contribution in [0, 0.1) is 0 Å². The van der Waals surface area contributed by atoms with Crippen molar-refractivity contribution < 1.29 is 9.53 Å². The highest BCUT2D eigenvalue weighted by molar-refractivity contribution is 5.90. The number of fused-ring (bicyclic) bond motifs is 1. The molecule has 0 unspecified atom stereocenters. The van der Waals surface area contributed by atoms with Crippen molar-refractivity contribution in [3.8, 4) is 5.75 Å². The van der Waals surface area contributed by atoms with Gasteiger partial charge in [-0.3, -0.25) is 4.79 Å². The largest absolute Gasteiger partial charge is 0.427 e. The van der Waals surface area contributed by atoms with E-state index >= 15 is 0 Å². The molecule has 0 radical (unpaired) electrons. The van der Waals surface area contributed by atoms with Gasteiger partial charge in [0, 0.05) is 18.0 Å². The van der Waals surface area contributed by atoms with Crippen molar-refractivity contribution >= 4 is 28.4 Å². The molecule has 0 fully saturated rings. The smallest absolute Gasteiger partial charge is 0.308 e. The third-order valence-corrected chi connectivity index (χ3v) is 2.92. The molecular formula is C16H13N3O2. The number of rotatable bonds is 3. The van der Waals surface area contributed by atoms with E-state index < -0.39 is 0 Å². The highest BCUT2D eigenvalue weighted by atomic mass is 16.5. The predicted octanol–water partition coefficient (Wildman–Crippen LogP) is 3.30. The zero-order valence-electron chi connectivity index (χ0n) is 11.4. The van der Waals surface area contributed by atoms with E-state index in [4.69, 9.17) is 4.74 Å². The van der Waals surface area contributed by atoms with Crippen LogP contribution in [0.4, 0.5) is 11.5 Å². The van der Waals surface area contributed by atoms with Gasteiger partial charge in [0.25, 0.3) is 0 Å². The Hall–Kier alpha value is -2.95. The van der Waals surface area contributed by atoms with Gasteiger partial charge in [0.05, 0.1) is 5.52 Å². The van der Waals surface area contributed by atoms with Crippen molar-refractivity contribution in [3.63, 3.8) is 0 Å². The highest BCUT2D eigenvalue weighted by Crippen LogP contribution is 2.24. The molecule has 3 aromatic rings. The minimum Gasteiger partial charge on any atom is -0.427 e. The van der Waals surface area contributed by atoms with Crippen molar-refractivity contribution in [3.05, 3.63) is 54.9 Å². The summed E-state index contributed by atoms with van der Waals surface area (Å²) in [6, 6.07) is 14.9. The number of para-hydroxylation sites is 1. The molecule has 21 heavy (non-hydrogen) atoms. The maximum Gasteiger partial charge on any atom is 0.308 e. The molecule has 0 aliphatic rings. The second-order valence-electron chi connectivity index (χ2n) is 4.48. The van der Waals surface area contributed by atoms with Crippen molar-refractivity contribution in [2.24, 2.45) is 0 Å². The number of anilines is 2. The molecule has 0 aliphatic heterocycles. The van der Waals surface area contributed by atoms with E-state index in [1.54, 1.807) is 12.1 Å². The van der Waals surface area contributed by atoms with Gasteiger partial charge >= 0.3 is 5.97 Å². The molecule has 0 saturated heterocycles. The lowest BCUT2D eigenvalue weighted by Gasteiger charge is -2.08. The maximum atomic E-state index is 10.9. The maximum absolute atomic E-state index is 10.9. The van der Waals surface area contributed by atoms with Gasteiger partial charge in [-0.1, -0.05) is 12.1 Å². The van der Waals surface area contributed by atoms with Crippen LogP contribution < -0.4 is 10.1 Å². The summed E-state index contributed by atoms with van der Waals surface area (Å²) in [4.78, 5) is 19.4. The van der Waals surface area contributed by atoms with E-state index in [9.17, 15) is 4.79 Å². The van der Waals surface area contributed by atoms with Crippen LogP contribution in [0.15, 0.2) is 54.9 Å². The number of esters is 1. The molecule has 5 nitrogen and oxygen atoms in total.